The van der Waals surface area contributed by atoms with Crippen molar-refractivity contribution in [2.45, 2.75) is 95.0 Å². The van der Waals surface area contributed by atoms with Crippen molar-refractivity contribution in [3.05, 3.63) is 0 Å². The lowest BCUT2D eigenvalue weighted by Crippen LogP contribution is -2.60. The number of quaternary nitrogens is 1. The van der Waals surface area contributed by atoms with Crippen LogP contribution >= 0.6 is 0 Å². The number of rotatable bonds is 38. The van der Waals surface area contributed by atoms with Gasteiger partial charge in [0.05, 0.1) is 63.8 Å². The normalized spacial score (nSPS) is 21.7. The summed E-state index contributed by atoms with van der Waals surface area (Å²) in [5, 5.41) is 31.0. The molecule has 0 saturated carbocycles. The summed E-state index contributed by atoms with van der Waals surface area (Å²) in [5.41, 5.74) is 0. The Morgan fingerprint density at radius 1 is 0.408 bits per heavy atom. The minimum atomic E-state index is -4.90. The van der Waals surface area contributed by atoms with Crippen LogP contribution in [0.15, 0.2) is 0 Å². The van der Waals surface area contributed by atoms with Gasteiger partial charge in [0.15, 0.2) is 0 Å². The fourth-order valence-corrected chi connectivity index (χ4v) is 16.4. The van der Waals surface area contributed by atoms with Crippen LogP contribution in [0, 0.1) is 0 Å². The summed E-state index contributed by atoms with van der Waals surface area (Å²) in [6, 6.07) is -0.183. The van der Waals surface area contributed by atoms with Crippen molar-refractivity contribution in [3.63, 3.8) is 0 Å². The minimum Gasteiger partial charge on any atom is -0.392 e. The Balaban J connectivity index is 2.15. The molecule has 0 spiro atoms. The Labute approximate surface area is 453 Å². The van der Waals surface area contributed by atoms with Gasteiger partial charge in [0, 0.05) is 130 Å². The van der Waals surface area contributed by atoms with Crippen LogP contribution in [0.5, 0.6) is 0 Å². The molecule has 8 N–H and O–H groups in total. The summed E-state index contributed by atoms with van der Waals surface area (Å²) < 4.78 is 194. The first kappa shape index (κ1) is 69.5. The number of unbranched alkanes of at least 4 members (excludes halogenated alkanes) is 3. The lowest BCUT2D eigenvalue weighted by atomic mass is 10.2. The van der Waals surface area contributed by atoms with E-state index in [4.69, 9.17) is 13.3 Å². The van der Waals surface area contributed by atoms with Crippen molar-refractivity contribution in [1.29, 1.82) is 0 Å². The summed E-state index contributed by atoms with van der Waals surface area (Å²) in [7, 11) is -24.5. The Morgan fingerprint density at radius 3 is 0.961 bits per heavy atom. The third kappa shape index (κ3) is 31.5. The van der Waals surface area contributed by atoms with E-state index in [1.54, 1.807) is 19.6 Å². The molecule has 34 heteroatoms. The zero-order valence-electron chi connectivity index (χ0n) is 44.6. The zero-order chi connectivity index (χ0) is 57.2. The number of hydrogen-bond donors (Lipinski definition) is 8. The van der Waals surface area contributed by atoms with Crippen LogP contribution in [0.1, 0.15) is 52.4 Å². The van der Waals surface area contributed by atoms with E-state index in [1.807, 2.05) is 30.8 Å². The van der Waals surface area contributed by atoms with E-state index in [0.717, 1.165) is 32.2 Å². The standard InChI is InChI=1S/C42H89N7O21S5Si/c1-5-7-8-9-23-49(3,4)24-10-25-76(68-40(34-73(59,60)61)29-46-17-11-43(12-18-46)26-37(50)6-2,69-41(35-74(62,63)64)30-47-19-13-44(14-20-47)27-38(51)32-71(53,54)55)70-42(36-75(65,66)67)31-48-21-15-45(16-22-48)28-39(52)33-72(56,57)58/h37-42,50-52H,5-36H2,1-4H3,(H4-,53,54,55,56,57,58,59,60,61,62,63,64,65,66,67)/p+1. The molecule has 3 rings (SSSR count). The van der Waals surface area contributed by atoms with Gasteiger partial charge in [-0.25, -0.2) is 0 Å². The first-order valence-corrected chi connectivity index (χ1v) is 36.0. The number of nitrogens with zero attached hydrogens (tertiary/aromatic N) is 7. The van der Waals surface area contributed by atoms with Gasteiger partial charge in [0.25, 0.3) is 50.6 Å². The molecule has 3 saturated heterocycles. The number of aliphatic hydroxyl groups excluding tert-OH is 3. The van der Waals surface area contributed by atoms with E-state index in [9.17, 15) is 80.2 Å². The highest BCUT2D eigenvalue weighted by Crippen LogP contribution is 2.28. The van der Waals surface area contributed by atoms with E-state index in [2.05, 4.69) is 6.92 Å². The molecule has 0 aromatic rings. The van der Waals surface area contributed by atoms with Crippen LogP contribution in [-0.4, -0.2) is 333 Å². The molecule has 3 fully saturated rings. The predicted molar refractivity (Wildman–Crippen MR) is 285 cm³/mol. The van der Waals surface area contributed by atoms with Crippen molar-refractivity contribution in [1.82, 2.24) is 29.4 Å². The second kappa shape index (κ2) is 31.6. The van der Waals surface area contributed by atoms with Crippen LogP contribution in [0.4, 0.5) is 0 Å². The van der Waals surface area contributed by atoms with Gasteiger partial charge in [-0.1, -0.05) is 26.7 Å². The Hall–Kier alpha value is -0.753. The minimum absolute atomic E-state index is 0.116. The van der Waals surface area contributed by atoms with E-state index < -0.39 is 125 Å². The largest absolute Gasteiger partial charge is 0.502 e. The molecular formula is C42H90N7O21S5Si+. The van der Waals surface area contributed by atoms with Crippen molar-refractivity contribution in [3.8, 4) is 0 Å². The van der Waals surface area contributed by atoms with Gasteiger partial charge in [0.2, 0.25) is 0 Å². The van der Waals surface area contributed by atoms with Crippen LogP contribution in [0.3, 0.4) is 0 Å². The molecule has 6 unspecified atom stereocenters. The average molecular weight is 1220 g/mol. The van der Waals surface area contributed by atoms with Crippen molar-refractivity contribution in [2.24, 2.45) is 0 Å². The molecule has 452 valence electrons. The lowest BCUT2D eigenvalue weighted by molar-refractivity contribution is -0.890. The van der Waals surface area contributed by atoms with E-state index in [1.165, 1.54) is 0 Å². The monoisotopic (exact) mass is 1220 g/mol. The molecule has 0 radical (unpaired) electrons. The topological polar surface area (TPSA) is 380 Å². The molecule has 0 bridgehead atoms. The third-order valence-corrected chi connectivity index (χ3v) is 20.6. The van der Waals surface area contributed by atoms with E-state index in [0.29, 0.717) is 50.2 Å². The number of hydrogen-bond acceptors (Lipinski definition) is 22. The second-order valence-electron chi connectivity index (χ2n) is 21.4. The van der Waals surface area contributed by atoms with Crippen LogP contribution in [0.25, 0.3) is 0 Å². The molecule has 3 heterocycles. The molecule has 0 amide bonds. The Bertz CT molecular complexity index is 2170. The third-order valence-electron chi connectivity index (χ3n) is 13.6. The Kier molecular flexibility index (Phi) is 28.9. The van der Waals surface area contributed by atoms with Gasteiger partial charge in [-0.3, -0.25) is 52.2 Å². The summed E-state index contributed by atoms with van der Waals surface area (Å²) in [4.78, 5) is 10.9. The van der Waals surface area contributed by atoms with Gasteiger partial charge in [-0.2, -0.15) is 42.1 Å². The highest BCUT2D eigenvalue weighted by molar-refractivity contribution is 7.86. The van der Waals surface area contributed by atoms with Crippen molar-refractivity contribution >= 4 is 59.4 Å². The Morgan fingerprint density at radius 2 is 0.684 bits per heavy atom. The first-order valence-electron chi connectivity index (χ1n) is 26.0. The summed E-state index contributed by atoms with van der Waals surface area (Å²) >= 11 is 0. The van der Waals surface area contributed by atoms with Gasteiger partial charge in [0.1, 0.15) is 28.8 Å². The second-order valence-corrected chi connectivity index (χ2v) is 31.4. The van der Waals surface area contributed by atoms with E-state index >= 15 is 0 Å². The van der Waals surface area contributed by atoms with Crippen molar-refractivity contribution in [2.75, 3.05) is 174 Å². The highest BCUT2D eigenvalue weighted by Gasteiger charge is 2.50. The fraction of sp³-hybridized carbons (Fsp3) is 1.00. The van der Waals surface area contributed by atoms with Crippen molar-refractivity contribution < 1.29 is 97.9 Å². The van der Waals surface area contributed by atoms with Gasteiger partial charge < -0.3 is 33.1 Å². The summed E-state index contributed by atoms with van der Waals surface area (Å²) in [5.74, 6) is -4.90. The number of piperazine rings is 3. The summed E-state index contributed by atoms with van der Waals surface area (Å²) in [6.07, 6.45) is -3.25. The quantitative estimate of drug-likeness (QED) is 0.0131. The maximum absolute atomic E-state index is 12.9. The van der Waals surface area contributed by atoms with Gasteiger partial charge >= 0.3 is 8.80 Å². The highest BCUT2D eigenvalue weighted by atomic mass is 32.2. The summed E-state index contributed by atoms with van der Waals surface area (Å²) in [6.45, 7) is 8.08. The molecule has 6 atom stereocenters. The molecule has 0 aliphatic carbocycles. The molecule has 0 aromatic carbocycles. The maximum atomic E-state index is 12.9. The smallest absolute Gasteiger partial charge is 0.392 e. The molecule has 76 heavy (non-hydrogen) atoms. The molecular weight excluding hydrogens is 1130 g/mol. The van der Waals surface area contributed by atoms with Crippen LogP contribution in [0.2, 0.25) is 6.04 Å². The fourth-order valence-electron chi connectivity index (χ4n) is 9.84. The average Bonchev–Trinajstić information content (AvgIpc) is 3.24. The molecule has 3 aliphatic rings. The van der Waals surface area contributed by atoms with Gasteiger partial charge in [-0.05, 0) is 19.3 Å². The predicted octanol–water partition coefficient (Wildman–Crippen LogP) is -3.09. The van der Waals surface area contributed by atoms with Crippen LogP contribution < -0.4 is 0 Å². The maximum Gasteiger partial charge on any atom is 0.502 e. The van der Waals surface area contributed by atoms with Crippen LogP contribution in [-0.2, 0) is 63.9 Å². The number of β-amino-alcohol motifs (C(OH)–C–C–N with tert-alkyl or cyclic N) is 3. The molecule has 28 nitrogen and oxygen atoms in total. The SMILES string of the molecule is CCCCCC[N+](C)(C)CCC[Si](OC(CN1CCN(CC(O)CC)CC1)CS(=O)(=O)O)(OC(CN1CCN(CC(O)CS(=O)(=O)O)CC1)CS(=O)(=O)O)OC(CN1CCN(CC(O)CS(=O)(=O)O)CC1)CS(=O)(=O)O. The number of aliphatic hydroxyl groups is 3. The zero-order valence-corrected chi connectivity index (χ0v) is 49.7. The van der Waals surface area contributed by atoms with E-state index in [-0.39, 0.29) is 97.5 Å². The first-order chi connectivity index (χ1) is 35.0. The van der Waals surface area contributed by atoms with Gasteiger partial charge in [-0.15, -0.1) is 0 Å². The lowest BCUT2D eigenvalue weighted by Gasteiger charge is -2.43. The molecule has 3 aliphatic heterocycles. The molecule has 0 aromatic heterocycles.